The summed E-state index contributed by atoms with van der Waals surface area (Å²) in [5.74, 6) is -1.64. The fourth-order valence-corrected chi connectivity index (χ4v) is 1.51. The van der Waals surface area contributed by atoms with E-state index in [1.54, 1.807) is 6.07 Å². The molecular formula is C13H9F2NO. The van der Waals surface area contributed by atoms with Crippen molar-refractivity contribution in [1.82, 2.24) is 4.98 Å². The molecule has 0 saturated heterocycles. The van der Waals surface area contributed by atoms with E-state index in [0.29, 0.717) is 0 Å². The van der Waals surface area contributed by atoms with Gasteiger partial charge in [0.25, 0.3) is 0 Å². The van der Waals surface area contributed by atoms with Gasteiger partial charge in [0, 0.05) is 6.92 Å². The summed E-state index contributed by atoms with van der Waals surface area (Å²) in [5.41, 5.74) is 0.0917. The summed E-state index contributed by atoms with van der Waals surface area (Å²) in [6.45, 7) is 1.35. The van der Waals surface area contributed by atoms with Crippen molar-refractivity contribution in [2.75, 3.05) is 0 Å². The van der Waals surface area contributed by atoms with E-state index in [9.17, 15) is 13.6 Å². The van der Waals surface area contributed by atoms with Crippen LogP contribution in [0.3, 0.4) is 0 Å². The average molecular weight is 233 g/mol. The van der Waals surface area contributed by atoms with Crippen molar-refractivity contribution < 1.29 is 13.6 Å². The van der Waals surface area contributed by atoms with E-state index in [1.807, 2.05) is 0 Å². The van der Waals surface area contributed by atoms with Gasteiger partial charge >= 0.3 is 0 Å². The quantitative estimate of drug-likeness (QED) is 0.745. The van der Waals surface area contributed by atoms with Crippen LogP contribution in [0, 0.1) is 11.6 Å². The number of carbonyl (C=O) groups excluding carboxylic acids is 1. The molecular weight excluding hydrogens is 224 g/mol. The van der Waals surface area contributed by atoms with Gasteiger partial charge < -0.3 is 0 Å². The van der Waals surface area contributed by atoms with E-state index in [-0.39, 0.29) is 22.7 Å². The van der Waals surface area contributed by atoms with Gasteiger partial charge in [0.1, 0.15) is 17.3 Å². The van der Waals surface area contributed by atoms with Crippen molar-refractivity contribution in [3.05, 3.63) is 53.7 Å². The van der Waals surface area contributed by atoms with E-state index < -0.39 is 11.6 Å². The Morgan fingerprint density at radius 3 is 2.24 bits per heavy atom. The molecule has 17 heavy (non-hydrogen) atoms. The number of nitrogens with zero attached hydrogens (tertiary/aromatic N) is 1. The number of carbonyl (C=O) groups is 1. The zero-order chi connectivity index (χ0) is 12.4. The number of benzene rings is 1. The number of pyridine rings is 1. The Balaban J connectivity index is 2.61. The fraction of sp³-hybridized carbons (Fsp3) is 0.0769. The summed E-state index contributed by atoms with van der Waals surface area (Å²) in [6.07, 6.45) is 0. The number of halogens is 2. The number of Topliss-reactive ketones (excluding diaryl/α,β-unsaturated/α-hetero) is 1. The third-order valence-corrected chi connectivity index (χ3v) is 2.33. The van der Waals surface area contributed by atoms with Crippen molar-refractivity contribution in [2.24, 2.45) is 0 Å². The van der Waals surface area contributed by atoms with Gasteiger partial charge in [0.05, 0.1) is 11.3 Å². The number of rotatable bonds is 2. The lowest BCUT2D eigenvalue weighted by atomic mass is 10.1. The highest BCUT2D eigenvalue weighted by Gasteiger charge is 2.13. The van der Waals surface area contributed by atoms with Crippen LogP contribution in [0.4, 0.5) is 8.78 Å². The van der Waals surface area contributed by atoms with Gasteiger partial charge in [-0.1, -0.05) is 12.1 Å². The predicted molar refractivity (Wildman–Crippen MR) is 59.6 cm³/mol. The van der Waals surface area contributed by atoms with Gasteiger partial charge in [-0.3, -0.25) is 4.79 Å². The monoisotopic (exact) mass is 233 g/mol. The molecule has 2 nitrogen and oxygen atoms in total. The van der Waals surface area contributed by atoms with Crippen LogP contribution >= 0.6 is 0 Å². The first kappa shape index (κ1) is 11.4. The first-order valence-corrected chi connectivity index (χ1v) is 5.02. The summed E-state index contributed by atoms with van der Waals surface area (Å²) >= 11 is 0. The summed E-state index contributed by atoms with van der Waals surface area (Å²) < 4.78 is 27.0. The molecule has 1 heterocycles. The molecule has 0 bridgehead atoms. The summed E-state index contributed by atoms with van der Waals surface area (Å²) in [5, 5.41) is 0. The van der Waals surface area contributed by atoms with Crippen molar-refractivity contribution in [3.8, 4) is 11.3 Å². The maximum absolute atomic E-state index is 13.5. The SMILES string of the molecule is CC(=O)c1cccc(-c2c(F)cccc2F)n1. The standard InChI is InChI=1S/C13H9F2NO/c1-8(17)11-6-3-7-12(16-11)13-9(14)4-2-5-10(13)15/h2-7H,1H3. The Labute approximate surface area is 96.9 Å². The second kappa shape index (κ2) is 4.41. The summed E-state index contributed by atoms with van der Waals surface area (Å²) in [6, 6.07) is 8.10. The molecule has 0 fully saturated rings. The Morgan fingerprint density at radius 1 is 1.06 bits per heavy atom. The van der Waals surface area contributed by atoms with Gasteiger partial charge in [-0.2, -0.15) is 0 Å². The maximum atomic E-state index is 13.5. The topological polar surface area (TPSA) is 30.0 Å². The molecule has 0 radical (unpaired) electrons. The first-order valence-electron chi connectivity index (χ1n) is 5.02. The summed E-state index contributed by atoms with van der Waals surface area (Å²) in [4.78, 5) is 15.1. The highest BCUT2D eigenvalue weighted by atomic mass is 19.1. The minimum absolute atomic E-state index is 0.119. The average Bonchev–Trinajstić information content (AvgIpc) is 2.29. The third-order valence-electron chi connectivity index (χ3n) is 2.33. The van der Waals surface area contributed by atoms with Gasteiger partial charge in [-0.15, -0.1) is 0 Å². The Hall–Kier alpha value is -2.10. The number of aromatic nitrogens is 1. The molecule has 0 spiro atoms. The van der Waals surface area contributed by atoms with Crippen LogP contribution in [0.1, 0.15) is 17.4 Å². The van der Waals surface area contributed by atoms with Crippen molar-refractivity contribution in [3.63, 3.8) is 0 Å². The highest BCUT2D eigenvalue weighted by molar-refractivity contribution is 5.92. The van der Waals surface area contributed by atoms with Crippen LogP contribution in [0.15, 0.2) is 36.4 Å². The number of hydrogen-bond acceptors (Lipinski definition) is 2. The minimum atomic E-state index is -0.696. The predicted octanol–water partition coefficient (Wildman–Crippen LogP) is 3.23. The van der Waals surface area contributed by atoms with Gasteiger partial charge in [-0.05, 0) is 24.3 Å². The molecule has 0 aliphatic heterocycles. The molecule has 0 amide bonds. The second-order valence-corrected chi connectivity index (χ2v) is 3.56. The van der Waals surface area contributed by atoms with Crippen LogP contribution < -0.4 is 0 Å². The maximum Gasteiger partial charge on any atom is 0.178 e. The van der Waals surface area contributed by atoms with Crippen molar-refractivity contribution >= 4 is 5.78 Å². The lowest BCUT2D eigenvalue weighted by molar-refractivity contribution is 0.101. The minimum Gasteiger partial charge on any atom is -0.293 e. The smallest absolute Gasteiger partial charge is 0.178 e. The molecule has 0 unspecified atom stereocenters. The van der Waals surface area contributed by atoms with Crippen LogP contribution in [0.5, 0.6) is 0 Å². The third kappa shape index (κ3) is 2.20. The van der Waals surface area contributed by atoms with E-state index in [4.69, 9.17) is 0 Å². The van der Waals surface area contributed by atoms with E-state index >= 15 is 0 Å². The fourth-order valence-electron chi connectivity index (χ4n) is 1.51. The lowest BCUT2D eigenvalue weighted by Crippen LogP contribution is -1.99. The van der Waals surface area contributed by atoms with Crippen molar-refractivity contribution in [1.29, 1.82) is 0 Å². The van der Waals surface area contributed by atoms with Crippen LogP contribution in [0.25, 0.3) is 11.3 Å². The molecule has 4 heteroatoms. The van der Waals surface area contributed by atoms with Crippen LogP contribution in [-0.2, 0) is 0 Å². The molecule has 0 atom stereocenters. The Bertz CT molecular complexity index is 561. The normalized spacial score (nSPS) is 10.3. The largest absolute Gasteiger partial charge is 0.293 e. The zero-order valence-corrected chi connectivity index (χ0v) is 9.08. The number of hydrogen-bond donors (Lipinski definition) is 0. The van der Waals surface area contributed by atoms with Gasteiger partial charge in [0.15, 0.2) is 5.78 Å². The second-order valence-electron chi connectivity index (χ2n) is 3.56. The first-order chi connectivity index (χ1) is 8.09. The van der Waals surface area contributed by atoms with Crippen LogP contribution in [0.2, 0.25) is 0 Å². The van der Waals surface area contributed by atoms with Gasteiger partial charge in [-0.25, -0.2) is 13.8 Å². The van der Waals surface area contributed by atoms with Crippen LogP contribution in [-0.4, -0.2) is 10.8 Å². The Morgan fingerprint density at radius 2 is 1.65 bits per heavy atom. The molecule has 1 aromatic carbocycles. The lowest BCUT2D eigenvalue weighted by Gasteiger charge is -2.05. The van der Waals surface area contributed by atoms with E-state index in [0.717, 1.165) is 12.1 Å². The van der Waals surface area contributed by atoms with Crippen molar-refractivity contribution in [2.45, 2.75) is 6.92 Å². The Kier molecular flexibility index (Phi) is 2.95. The molecule has 86 valence electrons. The molecule has 0 aliphatic rings. The molecule has 2 aromatic rings. The molecule has 2 rings (SSSR count). The molecule has 0 aliphatic carbocycles. The molecule has 0 saturated carbocycles. The number of ketones is 1. The highest BCUT2D eigenvalue weighted by Crippen LogP contribution is 2.24. The zero-order valence-electron chi connectivity index (χ0n) is 9.08. The summed E-state index contributed by atoms with van der Waals surface area (Å²) in [7, 11) is 0. The van der Waals surface area contributed by atoms with E-state index in [2.05, 4.69) is 4.98 Å². The van der Waals surface area contributed by atoms with E-state index in [1.165, 1.54) is 25.1 Å². The molecule has 0 N–H and O–H groups in total. The van der Waals surface area contributed by atoms with Gasteiger partial charge in [0.2, 0.25) is 0 Å². The molecule has 1 aromatic heterocycles.